The summed E-state index contributed by atoms with van der Waals surface area (Å²) in [4.78, 5) is 15.1. The van der Waals surface area contributed by atoms with E-state index in [9.17, 15) is 4.79 Å². The van der Waals surface area contributed by atoms with E-state index in [-0.39, 0.29) is 0 Å². The highest BCUT2D eigenvalue weighted by molar-refractivity contribution is 5.76. The van der Waals surface area contributed by atoms with E-state index in [1.165, 1.54) is 0 Å². The Balaban J connectivity index is 1.96. The van der Waals surface area contributed by atoms with Gasteiger partial charge in [0.15, 0.2) is 0 Å². The SMILES string of the molecule is CNC(CNCc1ccc2c(c1)ncn2C)C(=O)O. The van der Waals surface area contributed by atoms with Crippen LogP contribution >= 0.6 is 0 Å². The molecule has 102 valence electrons. The topological polar surface area (TPSA) is 79.2 Å². The molecule has 0 fully saturated rings. The first-order chi connectivity index (χ1) is 9.11. The normalized spacial score (nSPS) is 12.7. The Hall–Kier alpha value is -1.92. The first kappa shape index (κ1) is 13.5. The van der Waals surface area contributed by atoms with Gasteiger partial charge in [-0.1, -0.05) is 6.07 Å². The fraction of sp³-hybridized carbons (Fsp3) is 0.385. The van der Waals surface area contributed by atoms with E-state index in [1.807, 2.05) is 29.8 Å². The minimum atomic E-state index is -0.852. The lowest BCUT2D eigenvalue weighted by molar-refractivity contribution is -0.139. The number of fused-ring (bicyclic) bond motifs is 1. The van der Waals surface area contributed by atoms with Crippen molar-refractivity contribution in [3.05, 3.63) is 30.1 Å². The van der Waals surface area contributed by atoms with E-state index in [0.717, 1.165) is 16.6 Å². The van der Waals surface area contributed by atoms with Gasteiger partial charge in [-0.05, 0) is 24.7 Å². The zero-order chi connectivity index (χ0) is 13.8. The highest BCUT2D eigenvalue weighted by Gasteiger charge is 2.13. The number of hydrogen-bond donors (Lipinski definition) is 3. The van der Waals surface area contributed by atoms with Gasteiger partial charge in [0.25, 0.3) is 0 Å². The number of aromatic nitrogens is 2. The van der Waals surface area contributed by atoms with Crippen molar-refractivity contribution in [2.45, 2.75) is 12.6 Å². The number of carboxylic acid groups (broad SMARTS) is 1. The van der Waals surface area contributed by atoms with Crippen LogP contribution < -0.4 is 10.6 Å². The Morgan fingerprint density at radius 1 is 1.53 bits per heavy atom. The summed E-state index contributed by atoms with van der Waals surface area (Å²) in [5.74, 6) is -0.852. The maximum Gasteiger partial charge on any atom is 0.322 e. The number of rotatable bonds is 6. The molecule has 1 unspecified atom stereocenters. The average Bonchev–Trinajstić information content (AvgIpc) is 2.75. The molecule has 6 nitrogen and oxygen atoms in total. The Bertz CT molecular complexity index is 579. The standard InChI is InChI=1S/C13H18N4O2/c1-14-11(13(18)19)7-15-6-9-3-4-12-10(5-9)16-8-17(12)2/h3-5,8,11,14-15H,6-7H2,1-2H3,(H,18,19). The predicted molar refractivity (Wildman–Crippen MR) is 72.9 cm³/mol. The summed E-state index contributed by atoms with van der Waals surface area (Å²) in [6.07, 6.45) is 1.78. The number of carboxylic acids is 1. The molecule has 0 radical (unpaired) electrons. The fourth-order valence-corrected chi connectivity index (χ4v) is 1.97. The number of aryl methyl sites for hydroxylation is 1. The molecule has 1 aromatic heterocycles. The van der Waals surface area contributed by atoms with Crippen LogP contribution in [0.4, 0.5) is 0 Å². The van der Waals surface area contributed by atoms with Crippen LogP contribution in [0.3, 0.4) is 0 Å². The Kier molecular flexibility index (Phi) is 4.13. The third-order valence-corrected chi connectivity index (χ3v) is 3.11. The minimum absolute atomic E-state index is 0.381. The van der Waals surface area contributed by atoms with E-state index < -0.39 is 12.0 Å². The van der Waals surface area contributed by atoms with Crippen LogP contribution in [0.15, 0.2) is 24.5 Å². The number of nitrogens with zero attached hydrogens (tertiary/aromatic N) is 2. The second kappa shape index (κ2) is 5.81. The zero-order valence-corrected chi connectivity index (χ0v) is 11.1. The molecule has 1 heterocycles. The summed E-state index contributed by atoms with van der Waals surface area (Å²) in [5, 5.41) is 14.8. The third-order valence-electron chi connectivity index (χ3n) is 3.11. The Morgan fingerprint density at radius 3 is 3.00 bits per heavy atom. The highest BCUT2D eigenvalue weighted by Crippen LogP contribution is 2.13. The molecular formula is C13H18N4O2. The molecule has 0 bridgehead atoms. The van der Waals surface area contributed by atoms with Crippen LogP contribution in [0.5, 0.6) is 0 Å². The minimum Gasteiger partial charge on any atom is -0.480 e. The van der Waals surface area contributed by atoms with E-state index in [4.69, 9.17) is 5.11 Å². The largest absolute Gasteiger partial charge is 0.480 e. The van der Waals surface area contributed by atoms with Gasteiger partial charge >= 0.3 is 5.97 Å². The second-order valence-electron chi connectivity index (χ2n) is 4.49. The van der Waals surface area contributed by atoms with Crippen molar-refractivity contribution < 1.29 is 9.90 Å². The summed E-state index contributed by atoms with van der Waals surface area (Å²) in [5.41, 5.74) is 3.12. The highest BCUT2D eigenvalue weighted by atomic mass is 16.4. The first-order valence-electron chi connectivity index (χ1n) is 6.12. The molecule has 0 saturated carbocycles. The third kappa shape index (κ3) is 3.10. The van der Waals surface area contributed by atoms with Gasteiger partial charge in [0, 0.05) is 20.1 Å². The molecule has 2 rings (SSSR count). The van der Waals surface area contributed by atoms with Crippen molar-refractivity contribution >= 4 is 17.0 Å². The van der Waals surface area contributed by atoms with Crippen molar-refractivity contribution in [2.24, 2.45) is 7.05 Å². The predicted octanol–water partition coefficient (Wildman–Crippen LogP) is 0.336. The number of hydrogen-bond acceptors (Lipinski definition) is 4. The Morgan fingerprint density at radius 2 is 2.32 bits per heavy atom. The molecule has 19 heavy (non-hydrogen) atoms. The quantitative estimate of drug-likeness (QED) is 0.699. The molecule has 2 aromatic rings. The lowest BCUT2D eigenvalue weighted by Crippen LogP contribution is -2.42. The van der Waals surface area contributed by atoms with Crippen LogP contribution in [0.25, 0.3) is 11.0 Å². The molecule has 6 heteroatoms. The van der Waals surface area contributed by atoms with Gasteiger partial charge in [-0.3, -0.25) is 4.79 Å². The van der Waals surface area contributed by atoms with Gasteiger partial charge in [0.2, 0.25) is 0 Å². The average molecular weight is 262 g/mol. The van der Waals surface area contributed by atoms with Gasteiger partial charge in [0.1, 0.15) is 6.04 Å². The number of imidazole rings is 1. The van der Waals surface area contributed by atoms with Crippen LogP contribution in [-0.2, 0) is 18.4 Å². The molecule has 0 aliphatic rings. The van der Waals surface area contributed by atoms with Crippen molar-refractivity contribution in [3.63, 3.8) is 0 Å². The van der Waals surface area contributed by atoms with Crippen LogP contribution in [0.2, 0.25) is 0 Å². The zero-order valence-electron chi connectivity index (χ0n) is 11.1. The molecule has 1 aromatic carbocycles. The van der Waals surface area contributed by atoms with Crippen LogP contribution in [0.1, 0.15) is 5.56 Å². The molecule has 0 aliphatic heterocycles. The summed E-state index contributed by atoms with van der Waals surface area (Å²) in [6.45, 7) is 1.00. The van der Waals surface area contributed by atoms with E-state index >= 15 is 0 Å². The molecule has 0 aliphatic carbocycles. The number of likely N-dealkylation sites (N-methyl/N-ethyl adjacent to an activating group) is 1. The van der Waals surface area contributed by atoms with Crippen molar-refractivity contribution in [1.82, 2.24) is 20.2 Å². The summed E-state index contributed by atoms with van der Waals surface area (Å²) < 4.78 is 1.97. The van der Waals surface area contributed by atoms with Gasteiger partial charge in [-0.25, -0.2) is 4.98 Å². The monoisotopic (exact) mass is 262 g/mol. The van der Waals surface area contributed by atoms with Crippen molar-refractivity contribution in [2.75, 3.05) is 13.6 Å². The fourth-order valence-electron chi connectivity index (χ4n) is 1.97. The molecule has 0 amide bonds. The van der Waals surface area contributed by atoms with E-state index in [1.54, 1.807) is 13.4 Å². The van der Waals surface area contributed by atoms with Crippen molar-refractivity contribution in [1.29, 1.82) is 0 Å². The lowest BCUT2D eigenvalue weighted by Gasteiger charge is -2.12. The van der Waals surface area contributed by atoms with Crippen molar-refractivity contribution in [3.8, 4) is 0 Å². The lowest BCUT2D eigenvalue weighted by atomic mass is 10.2. The van der Waals surface area contributed by atoms with E-state index in [0.29, 0.717) is 13.1 Å². The molecular weight excluding hydrogens is 244 g/mol. The number of carbonyl (C=O) groups is 1. The van der Waals surface area contributed by atoms with Crippen LogP contribution in [0, 0.1) is 0 Å². The molecule has 0 spiro atoms. The smallest absolute Gasteiger partial charge is 0.322 e. The van der Waals surface area contributed by atoms with Gasteiger partial charge in [0.05, 0.1) is 17.4 Å². The van der Waals surface area contributed by atoms with Gasteiger partial charge < -0.3 is 20.3 Å². The van der Waals surface area contributed by atoms with E-state index in [2.05, 4.69) is 15.6 Å². The van der Waals surface area contributed by atoms with Gasteiger partial charge in [-0.2, -0.15) is 0 Å². The summed E-state index contributed by atoms with van der Waals surface area (Å²) in [6, 6.07) is 5.48. The number of benzene rings is 1. The van der Waals surface area contributed by atoms with Gasteiger partial charge in [-0.15, -0.1) is 0 Å². The van der Waals surface area contributed by atoms with Crippen LogP contribution in [-0.4, -0.2) is 40.3 Å². The first-order valence-corrected chi connectivity index (χ1v) is 6.12. The molecule has 1 atom stereocenters. The second-order valence-corrected chi connectivity index (χ2v) is 4.49. The molecule has 3 N–H and O–H groups in total. The molecule has 0 saturated heterocycles. The number of aliphatic carboxylic acids is 1. The number of nitrogens with one attached hydrogen (secondary N) is 2. The maximum absolute atomic E-state index is 10.8. The summed E-state index contributed by atoms with van der Waals surface area (Å²) in [7, 11) is 3.60. The Labute approximate surface area is 111 Å². The maximum atomic E-state index is 10.8. The summed E-state index contributed by atoms with van der Waals surface area (Å²) >= 11 is 0.